The Kier molecular flexibility index (Phi) is 4.53. The van der Waals surface area contributed by atoms with Gasteiger partial charge in [0.15, 0.2) is 0 Å². The molecule has 2 rings (SSSR count). The molecule has 0 spiro atoms. The third-order valence-electron chi connectivity index (χ3n) is 3.45. The number of carbonyl (C=O) groups is 1. The van der Waals surface area contributed by atoms with Gasteiger partial charge in [-0.2, -0.15) is 11.8 Å². The van der Waals surface area contributed by atoms with Crippen LogP contribution in [-0.4, -0.2) is 36.0 Å². The summed E-state index contributed by atoms with van der Waals surface area (Å²) in [6, 6.07) is 1.14. The molecule has 0 aromatic heterocycles. The zero-order valence-corrected chi connectivity index (χ0v) is 10.8. The quantitative estimate of drug-likeness (QED) is 0.742. The van der Waals surface area contributed by atoms with E-state index in [9.17, 15) is 4.79 Å². The molecule has 2 fully saturated rings. The SMILES string of the molecule is CSC1CCC(NC(=O)CCNC2CC2)C1. The Balaban J connectivity index is 1.55. The van der Waals surface area contributed by atoms with Crippen molar-refractivity contribution in [2.24, 2.45) is 0 Å². The highest BCUT2D eigenvalue weighted by molar-refractivity contribution is 7.99. The van der Waals surface area contributed by atoms with Crippen molar-refractivity contribution in [1.82, 2.24) is 10.6 Å². The van der Waals surface area contributed by atoms with Crippen LogP contribution in [0.3, 0.4) is 0 Å². The van der Waals surface area contributed by atoms with Crippen LogP contribution < -0.4 is 10.6 Å². The summed E-state index contributed by atoms with van der Waals surface area (Å²) in [5, 5.41) is 7.27. The minimum Gasteiger partial charge on any atom is -0.353 e. The van der Waals surface area contributed by atoms with Gasteiger partial charge in [-0.15, -0.1) is 0 Å². The van der Waals surface area contributed by atoms with Crippen molar-refractivity contribution >= 4 is 17.7 Å². The molecule has 2 atom stereocenters. The van der Waals surface area contributed by atoms with Crippen molar-refractivity contribution in [2.75, 3.05) is 12.8 Å². The van der Waals surface area contributed by atoms with Crippen LogP contribution in [0.15, 0.2) is 0 Å². The number of hydrogen-bond acceptors (Lipinski definition) is 3. The molecule has 4 heteroatoms. The second kappa shape index (κ2) is 5.92. The first kappa shape index (κ1) is 12.2. The van der Waals surface area contributed by atoms with E-state index in [1.807, 2.05) is 11.8 Å². The monoisotopic (exact) mass is 242 g/mol. The predicted molar refractivity (Wildman–Crippen MR) is 68.7 cm³/mol. The zero-order chi connectivity index (χ0) is 11.4. The molecule has 16 heavy (non-hydrogen) atoms. The van der Waals surface area contributed by atoms with Gasteiger partial charge in [0, 0.05) is 30.3 Å². The van der Waals surface area contributed by atoms with Crippen LogP contribution in [0.4, 0.5) is 0 Å². The summed E-state index contributed by atoms with van der Waals surface area (Å²) < 4.78 is 0. The molecule has 2 aliphatic carbocycles. The van der Waals surface area contributed by atoms with Crippen molar-refractivity contribution in [2.45, 2.75) is 55.9 Å². The maximum Gasteiger partial charge on any atom is 0.221 e. The van der Waals surface area contributed by atoms with E-state index < -0.39 is 0 Å². The Morgan fingerprint density at radius 3 is 2.62 bits per heavy atom. The van der Waals surface area contributed by atoms with Crippen LogP contribution >= 0.6 is 11.8 Å². The van der Waals surface area contributed by atoms with E-state index in [2.05, 4.69) is 16.9 Å². The lowest BCUT2D eigenvalue weighted by Crippen LogP contribution is -2.35. The highest BCUT2D eigenvalue weighted by Crippen LogP contribution is 2.28. The summed E-state index contributed by atoms with van der Waals surface area (Å²) in [7, 11) is 0. The molecule has 0 saturated heterocycles. The molecule has 2 unspecified atom stereocenters. The lowest BCUT2D eigenvalue weighted by molar-refractivity contribution is -0.121. The number of carbonyl (C=O) groups excluding carboxylic acids is 1. The average molecular weight is 242 g/mol. The molecule has 0 heterocycles. The fourth-order valence-electron chi connectivity index (χ4n) is 2.26. The van der Waals surface area contributed by atoms with Crippen LogP contribution in [-0.2, 0) is 4.79 Å². The highest BCUT2D eigenvalue weighted by Gasteiger charge is 2.25. The van der Waals surface area contributed by atoms with E-state index >= 15 is 0 Å². The van der Waals surface area contributed by atoms with Gasteiger partial charge < -0.3 is 10.6 Å². The van der Waals surface area contributed by atoms with Gasteiger partial charge in [0.2, 0.25) is 5.91 Å². The molecular weight excluding hydrogens is 220 g/mol. The number of nitrogens with one attached hydrogen (secondary N) is 2. The Bertz CT molecular complexity index is 243. The number of amides is 1. The summed E-state index contributed by atoms with van der Waals surface area (Å²) in [6.45, 7) is 0.842. The van der Waals surface area contributed by atoms with Crippen molar-refractivity contribution in [3.05, 3.63) is 0 Å². The molecule has 0 aliphatic heterocycles. The van der Waals surface area contributed by atoms with Crippen molar-refractivity contribution in [3.8, 4) is 0 Å². The second-order valence-corrected chi connectivity index (χ2v) is 6.05. The molecule has 0 radical (unpaired) electrons. The van der Waals surface area contributed by atoms with Gasteiger partial charge in [0.25, 0.3) is 0 Å². The van der Waals surface area contributed by atoms with Crippen molar-refractivity contribution in [3.63, 3.8) is 0 Å². The molecule has 2 saturated carbocycles. The van der Waals surface area contributed by atoms with Gasteiger partial charge in [0.05, 0.1) is 0 Å². The fourth-order valence-corrected chi connectivity index (χ4v) is 3.06. The molecular formula is C12H22N2OS. The summed E-state index contributed by atoms with van der Waals surface area (Å²) in [5.74, 6) is 0.222. The summed E-state index contributed by atoms with van der Waals surface area (Å²) in [6.07, 6.45) is 8.95. The first-order valence-corrected chi connectivity index (χ1v) is 7.62. The van der Waals surface area contributed by atoms with Gasteiger partial charge in [-0.05, 0) is 38.4 Å². The summed E-state index contributed by atoms with van der Waals surface area (Å²) in [5.41, 5.74) is 0. The first-order valence-electron chi connectivity index (χ1n) is 6.33. The summed E-state index contributed by atoms with van der Waals surface area (Å²) >= 11 is 1.93. The topological polar surface area (TPSA) is 41.1 Å². The van der Waals surface area contributed by atoms with Gasteiger partial charge in [-0.25, -0.2) is 0 Å². The Morgan fingerprint density at radius 1 is 1.25 bits per heavy atom. The number of hydrogen-bond donors (Lipinski definition) is 2. The summed E-state index contributed by atoms with van der Waals surface area (Å²) in [4.78, 5) is 11.6. The van der Waals surface area contributed by atoms with Gasteiger partial charge in [-0.3, -0.25) is 4.79 Å². The number of thioether (sulfide) groups is 1. The smallest absolute Gasteiger partial charge is 0.221 e. The van der Waals surface area contributed by atoms with Crippen LogP contribution in [0, 0.1) is 0 Å². The molecule has 92 valence electrons. The van der Waals surface area contributed by atoms with E-state index in [-0.39, 0.29) is 5.91 Å². The first-order chi connectivity index (χ1) is 7.78. The fraction of sp³-hybridized carbons (Fsp3) is 0.917. The van der Waals surface area contributed by atoms with E-state index in [1.54, 1.807) is 0 Å². The zero-order valence-electron chi connectivity index (χ0n) is 10.00. The highest BCUT2D eigenvalue weighted by atomic mass is 32.2. The molecule has 2 aliphatic rings. The van der Waals surface area contributed by atoms with Crippen LogP contribution in [0.1, 0.15) is 38.5 Å². The van der Waals surface area contributed by atoms with Gasteiger partial charge in [0.1, 0.15) is 0 Å². The Hall–Kier alpha value is -0.220. The lowest BCUT2D eigenvalue weighted by atomic mass is 10.2. The maximum absolute atomic E-state index is 11.6. The normalized spacial score (nSPS) is 29.3. The predicted octanol–water partition coefficient (Wildman–Crippen LogP) is 1.53. The largest absolute Gasteiger partial charge is 0.353 e. The molecule has 0 aromatic carbocycles. The molecule has 1 amide bonds. The maximum atomic E-state index is 11.6. The van der Waals surface area contributed by atoms with Gasteiger partial charge >= 0.3 is 0 Å². The standard InChI is InChI=1S/C12H22N2OS/c1-16-11-5-4-10(8-11)14-12(15)6-7-13-9-2-3-9/h9-11,13H,2-8H2,1H3,(H,14,15). The molecule has 0 aromatic rings. The third kappa shape index (κ3) is 3.98. The second-order valence-electron chi connectivity index (χ2n) is 4.91. The average Bonchev–Trinajstić information content (AvgIpc) is 2.97. The molecule has 2 N–H and O–H groups in total. The Morgan fingerprint density at radius 2 is 2.00 bits per heavy atom. The van der Waals surface area contributed by atoms with E-state index in [0.29, 0.717) is 18.5 Å². The molecule has 0 bridgehead atoms. The van der Waals surface area contributed by atoms with Crippen LogP contribution in [0.2, 0.25) is 0 Å². The lowest BCUT2D eigenvalue weighted by Gasteiger charge is -2.12. The van der Waals surface area contributed by atoms with Crippen molar-refractivity contribution in [1.29, 1.82) is 0 Å². The van der Waals surface area contributed by atoms with Gasteiger partial charge in [-0.1, -0.05) is 0 Å². The molecule has 3 nitrogen and oxygen atoms in total. The number of rotatable bonds is 6. The Labute approximate surface area is 102 Å². The van der Waals surface area contributed by atoms with E-state index in [0.717, 1.165) is 24.6 Å². The minimum absolute atomic E-state index is 0.222. The van der Waals surface area contributed by atoms with Crippen molar-refractivity contribution < 1.29 is 4.79 Å². The van der Waals surface area contributed by atoms with Crippen LogP contribution in [0.25, 0.3) is 0 Å². The van der Waals surface area contributed by atoms with E-state index in [1.165, 1.54) is 19.3 Å². The third-order valence-corrected chi connectivity index (χ3v) is 4.54. The van der Waals surface area contributed by atoms with E-state index in [4.69, 9.17) is 0 Å². The van der Waals surface area contributed by atoms with Crippen LogP contribution in [0.5, 0.6) is 0 Å². The minimum atomic E-state index is 0.222.